The molecule has 0 aromatic rings. The van der Waals surface area contributed by atoms with Crippen LogP contribution in [0.15, 0.2) is 0 Å². The summed E-state index contributed by atoms with van der Waals surface area (Å²) in [6.07, 6.45) is 0. The average Bonchev–Trinajstić information content (AvgIpc) is 1.64. The van der Waals surface area contributed by atoms with Crippen molar-refractivity contribution in [1.29, 1.82) is 0 Å². The Kier molecular flexibility index (Phi) is 2.92. The van der Waals surface area contributed by atoms with Crippen LogP contribution in [0.1, 0.15) is 0 Å². The quantitative estimate of drug-likeness (QED) is 0.603. The molecule has 6 heteroatoms. The Bertz CT molecular complexity index is 97.0. The van der Waals surface area contributed by atoms with E-state index in [1.807, 2.05) is 0 Å². The van der Waals surface area contributed by atoms with Gasteiger partial charge in [0.1, 0.15) is 6.67 Å². The third-order valence-corrected chi connectivity index (χ3v) is 1.78. The third-order valence-electron chi connectivity index (χ3n) is 0.583. The smallest absolute Gasteiger partial charge is 0.247 e. The van der Waals surface area contributed by atoms with Crippen molar-refractivity contribution in [2.75, 3.05) is 6.67 Å². The van der Waals surface area contributed by atoms with Crippen molar-refractivity contribution in [2.45, 2.75) is 9.72 Å². The monoisotopic (exact) mass is 200 g/mol. The Morgan fingerprint density at radius 3 is 1.44 bits per heavy atom. The predicted molar refractivity (Wildman–Crippen MR) is 31.2 cm³/mol. The van der Waals surface area contributed by atoms with Gasteiger partial charge in [0.15, 0.2) is 0 Å². The van der Waals surface area contributed by atoms with Gasteiger partial charge in [-0.1, -0.05) is 23.2 Å². The highest BCUT2D eigenvalue weighted by atomic mass is 35.5. The van der Waals surface area contributed by atoms with Gasteiger partial charge >= 0.3 is 5.38 Å². The molecule has 0 bridgehead atoms. The number of hydrogen-bond acceptors (Lipinski definition) is 0. The van der Waals surface area contributed by atoms with Crippen LogP contribution in [0.5, 0.6) is 0 Å². The zero-order valence-corrected chi connectivity index (χ0v) is 6.24. The van der Waals surface area contributed by atoms with Crippen LogP contribution in [0, 0.1) is 0 Å². The summed E-state index contributed by atoms with van der Waals surface area (Å²) in [6.45, 7) is -1.59. The molecule has 0 aliphatic heterocycles. The van der Waals surface area contributed by atoms with Crippen LogP contribution in [-0.4, -0.2) is 16.4 Å². The maximum atomic E-state index is 11.8. The molecule has 9 heavy (non-hydrogen) atoms. The van der Waals surface area contributed by atoms with Crippen molar-refractivity contribution in [3.63, 3.8) is 0 Å². The van der Waals surface area contributed by atoms with Crippen LogP contribution in [-0.2, 0) is 0 Å². The summed E-state index contributed by atoms with van der Waals surface area (Å²) in [5.74, 6) is 0. The van der Waals surface area contributed by atoms with E-state index in [1.165, 1.54) is 0 Å². The number of hydrogen-bond donors (Lipinski definition) is 0. The predicted octanol–water partition coefficient (Wildman–Crippen LogP) is 2.96. The van der Waals surface area contributed by atoms with E-state index in [2.05, 4.69) is 11.6 Å². The van der Waals surface area contributed by atoms with Gasteiger partial charge in [0, 0.05) is 0 Å². The van der Waals surface area contributed by atoms with Crippen LogP contribution in [0.4, 0.5) is 13.2 Å². The van der Waals surface area contributed by atoms with E-state index >= 15 is 0 Å². The Balaban J connectivity index is 4.14. The van der Waals surface area contributed by atoms with Crippen LogP contribution in [0.2, 0.25) is 0 Å². The van der Waals surface area contributed by atoms with E-state index in [4.69, 9.17) is 23.2 Å². The third kappa shape index (κ3) is 2.40. The fourth-order valence-corrected chi connectivity index (χ4v) is 0.126. The molecule has 0 aromatic heterocycles. The van der Waals surface area contributed by atoms with Crippen molar-refractivity contribution < 1.29 is 13.2 Å². The first kappa shape index (κ1) is 9.66. The lowest BCUT2D eigenvalue weighted by molar-refractivity contribution is 0.0669. The average molecular weight is 201 g/mol. The zero-order valence-electron chi connectivity index (χ0n) is 3.97. The van der Waals surface area contributed by atoms with E-state index in [0.29, 0.717) is 0 Å². The van der Waals surface area contributed by atoms with Gasteiger partial charge in [0.25, 0.3) is 0 Å². The summed E-state index contributed by atoms with van der Waals surface area (Å²) in [7, 11) is 0. The molecule has 0 radical (unpaired) electrons. The van der Waals surface area contributed by atoms with Crippen molar-refractivity contribution >= 4 is 34.8 Å². The molecule has 0 aliphatic carbocycles. The molecule has 0 aromatic carbocycles. The van der Waals surface area contributed by atoms with Gasteiger partial charge in [-0.25, -0.2) is 4.39 Å². The second kappa shape index (κ2) is 2.72. The van der Waals surface area contributed by atoms with Crippen molar-refractivity contribution in [1.82, 2.24) is 0 Å². The van der Waals surface area contributed by atoms with Crippen molar-refractivity contribution in [2.24, 2.45) is 0 Å². The molecular weight excluding hydrogens is 199 g/mol. The fourth-order valence-electron chi connectivity index (χ4n) is 0.0758. The molecule has 0 saturated heterocycles. The molecule has 0 spiro atoms. The molecule has 56 valence electrons. The molecular formula is C3H2Cl3F3. The maximum Gasteiger partial charge on any atom is 0.356 e. The molecule has 0 heterocycles. The number of rotatable bonds is 2. The first-order chi connectivity index (χ1) is 3.81. The lowest BCUT2D eigenvalue weighted by Crippen LogP contribution is -2.34. The summed E-state index contributed by atoms with van der Waals surface area (Å²) < 4.78 is 32.2. The van der Waals surface area contributed by atoms with E-state index in [-0.39, 0.29) is 0 Å². The molecule has 0 N–H and O–H groups in total. The standard InChI is InChI=1S/C3H2Cl3F3/c4-2(5,1-7)3(6,8)9/h1H2. The minimum Gasteiger partial charge on any atom is -0.247 e. The van der Waals surface area contributed by atoms with E-state index in [9.17, 15) is 13.2 Å². The molecule has 0 rings (SSSR count). The molecule has 0 unspecified atom stereocenters. The summed E-state index contributed by atoms with van der Waals surface area (Å²) in [5, 5.41) is -3.93. The normalized spacial score (nSPS) is 14.0. The van der Waals surface area contributed by atoms with Gasteiger partial charge < -0.3 is 0 Å². The Hall–Kier alpha value is 0.660. The van der Waals surface area contributed by atoms with Crippen molar-refractivity contribution in [3.8, 4) is 0 Å². The number of alkyl halides is 6. The molecule has 0 aliphatic rings. The summed E-state index contributed by atoms with van der Waals surface area (Å²) in [6, 6.07) is 0. The Labute approximate surface area is 64.9 Å². The second-order valence-corrected chi connectivity index (χ2v) is 3.29. The Morgan fingerprint density at radius 1 is 1.11 bits per heavy atom. The highest BCUT2D eigenvalue weighted by molar-refractivity contribution is 6.52. The molecule has 0 fully saturated rings. The fraction of sp³-hybridized carbons (Fsp3) is 1.00. The topological polar surface area (TPSA) is 0 Å². The highest BCUT2D eigenvalue weighted by Gasteiger charge is 2.50. The molecule has 0 saturated carbocycles. The molecule has 0 nitrogen and oxygen atoms in total. The van der Waals surface area contributed by atoms with Gasteiger partial charge in [0.05, 0.1) is 0 Å². The van der Waals surface area contributed by atoms with Crippen molar-refractivity contribution in [3.05, 3.63) is 0 Å². The lowest BCUT2D eigenvalue weighted by Gasteiger charge is -2.19. The zero-order chi connectivity index (χ0) is 7.71. The van der Waals surface area contributed by atoms with Crippen LogP contribution < -0.4 is 0 Å². The number of halogens is 6. The Morgan fingerprint density at radius 2 is 1.44 bits per heavy atom. The lowest BCUT2D eigenvalue weighted by atomic mass is 10.5. The summed E-state index contributed by atoms with van der Waals surface area (Å²) in [4.78, 5) is 0. The molecule has 0 amide bonds. The van der Waals surface area contributed by atoms with Gasteiger partial charge in [-0.2, -0.15) is 8.78 Å². The van der Waals surface area contributed by atoms with E-state index in [0.717, 1.165) is 0 Å². The first-order valence-electron chi connectivity index (χ1n) is 1.82. The first-order valence-corrected chi connectivity index (χ1v) is 2.95. The SMILES string of the molecule is FCC(Cl)(Cl)C(F)(F)Cl. The highest BCUT2D eigenvalue weighted by Crippen LogP contribution is 2.41. The minimum atomic E-state index is -3.93. The van der Waals surface area contributed by atoms with Gasteiger partial charge in [-0.15, -0.1) is 0 Å². The van der Waals surface area contributed by atoms with E-state index < -0.39 is 16.4 Å². The minimum absolute atomic E-state index is 1.59. The van der Waals surface area contributed by atoms with Gasteiger partial charge in [0.2, 0.25) is 4.33 Å². The maximum absolute atomic E-state index is 11.8. The van der Waals surface area contributed by atoms with Gasteiger partial charge in [-0.05, 0) is 11.6 Å². The van der Waals surface area contributed by atoms with Crippen LogP contribution >= 0.6 is 34.8 Å². The second-order valence-electron chi connectivity index (χ2n) is 1.34. The molecule has 0 atom stereocenters. The van der Waals surface area contributed by atoms with E-state index in [1.54, 1.807) is 0 Å². The van der Waals surface area contributed by atoms with Crippen LogP contribution in [0.3, 0.4) is 0 Å². The largest absolute Gasteiger partial charge is 0.356 e. The summed E-state index contributed by atoms with van der Waals surface area (Å²) in [5.41, 5.74) is 0. The summed E-state index contributed by atoms with van der Waals surface area (Å²) >= 11 is 13.7. The van der Waals surface area contributed by atoms with Gasteiger partial charge in [-0.3, -0.25) is 0 Å². The van der Waals surface area contributed by atoms with Crippen LogP contribution in [0.25, 0.3) is 0 Å².